The molecule has 1 unspecified atom stereocenters. The van der Waals surface area contributed by atoms with Crippen LogP contribution >= 0.6 is 0 Å². The van der Waals surface area contributed by atoms with Crippen LogP contribution in [0, 0.1) is 23.0 Å². The van der Waals surface area contributed by atoms with Gasteiger partial charge in [0.25, 0.3) is 11.8 Å². The van der Waals surface area contributed by atoms with Gasteiger partial charge in [0.2, 0.25) is 0 Å². The normalized spacial score (nSPS) is 11.2. The SMILES string of the molecule is CNC(=O)COc1cc(C#N)ccc1CNC(=O)C(OC)c1c(F)cc(OC)cc1F. The summed E-state index contributed by atoms with van der Waals surface area (Å²) in [6.45, 7) is -0.401. The summed E-state index contributed by atoms with van der Waals surface area (Å²) in [5.41, 5.74) is 0.178. The Hall–Kier alpha value is -3.71. The number of amides is 2. The Bertz CT molecular complexity index is 984. The van der Waals surface area contributed by atoms with Gasteiger partial charge in [0.1, 0.15) is 23.1 Å². The molecule has 0 saturated carbocycles. The van der Waals surface area contributed by atoms with Crippen LogP contribution in [0.3, 0.4) is 0 Å². The van der Waals surface area contributed by atoms with E-state index in [2.05, 4.69) is 10.6 Å². The van der Waals surface area contributed by atoms with E-state index in [1.165, 1.54) is 32.4 Å². The van der Waals surface area contributed by atoms with Gasteiger partial charge in [-0.3, -0.25) is 9.59 Å². The number of benzene rings is 2. The molecular formula is C21H21F2N3O5. The Morgan fingerprint density at radius 3 is 2.39 bits per heavy atom. The third kappa shape index (κ3) is 5.90. The van der Waals surface area contributed by atoms with Gasteiger partial charge in [-0.15, -0.1) is 0 Å². The molecule has 0 aliphatic carbocycles. The van der Waals surface area contributed by atoms with Crippen LogP contribution in [-0.2, 0) is 20.9 Å². The summed E-state index contributed by atoms with van der Waals surface area (Å²) in [4.78, 5) is 24.0. The third-order valence-electron chi connectivity index (χ3n) is 4.31. The fourth-order valence-electron chi connectivity index (χ4n) is 2.68. The number of hydrogen-bond acceptors (Lipinski definition) is 6. The number of nitrogens with zero attached hydrogens (tertiary/aromatic N) is 1. The van der Waals surface area contributed by atoms with Gasteiger partial charge in [0.05, 0.1) is 24.3 Å². The Morgan fingerprint density at radius 1 is 1.16 bits per heavy atom. The number of nitrogens with one attached hydrogen (secondary N) is 2. The van der Waals surface area contributed by atoms with E-state index in [9.17, 15) is 18.4 Å². The summed E-state index contributed by atoms with van der Waals surface area (Å²) in [6, 6.07) is 8.30. The standard InChI is InChI=1S/C21H21F2N3O5/c1-25-18(27)11-31-17-6-12(9-24)4-5-13(17)10-26-21(28)20(30-3)19-15(22)7-14(29-2)8-16(19)23/h4-8,20H,10-11H2,1-3H3,(H,25,27)(H,26,28). The molecule has 0 saturated heterocycles. The van der Waals surface area contributed by atoms with Crippen LogP contribution in [0.2, 0.25) is 0 Å². The Morgan fingerprint density at radius 2 is 1.84 bits per heavy atom. The molecule has 2 amide bonds. The van der Waals surface area contributed by atoms with Crippen LogP contribution in [-0.4, -0.2) is 39.7 Å². The number of methoxy groups -OCH3 is 2. The van der Waals surface area contributed by atoms with Crippen LogP contribution in [0.4, 0.5) is 8.78 Å². The van der Waals surface area contributed by atoms with E-state index in [-0.39, 0.29) is 30.6 Å². The van der Waals surface area contributed by atoms with Gasteiger partial charge in [-0.1, -0.05) is 6.07 Å². The Labute approximate surface area is 177 Å². The van der Waals surface area contributed by atoms with E-state index in [0.717, 1.165) is 19.2 Å². The molecule has 31 heavy (non-hydrogen) atoms. The molecule has 1 atom stereocenters. The molecule has 2 N–H and O–H groups in total. The third-order valence-corrected chi connectivity index (χ3v) is 4.31. The number of halogens is 2. The minimum Gasteiger partial charge on any atom is -0.497 e. The van der Waals surface area contributed by atoms with Crippen molar-refractivity contribution in [3.63, 3.8) is 0 Å². The average Bonchev–Trinajstić information content (AvgIpc) is 2.77. The van der Waals surface area contributed by atoms with E-state index in [1.54, 1.807) is 0 Å². The molecule has 8 nitrogen and oxygen atoms in total. The highest BCUT2D eigenvalue weighted by molar-refractivity contribution is 5.82. The smallest absolute Gasteiger partial charge is 0.257 e. The largest absolute Gasteiger partial charge is 0.497 e. The molecule has 0 spiro atoms. The lowest BCUT2D eigenvalue weighted by molar-refractivity contribution is -0.132. The minimum absolute atomic E-state index is 0.0375. The second-order valence-electron chi connectivity index (χ2n) is 6.23. The number of carbonyl (C=O) groups is 2. The highest BCUT2D eigenvalue weighted by Crippen LogP contribution is 2.28. The van der Waals surface area contributed by atoms with Gasteiger partial charge in [0, 0.05) is 38.4 Å². The lowest BCUT2D eigenvalue weighted by Gasteiger charge is -2.18. The lowest BCUT2D eigenvalue weighted by atomic mass is 10.1. The van der Waals surface area contributed by atoms with Crippen LogP contribution < -0.4 is 20.1 Å². The molecule has 0 aliphatic heterocycles. The first-order valence-corrected chi connectivity index (χ1v) is 9.04. The van der Waals surface area contributed by atoms with Gasteiger partial charge in [-0.2, -0.15) is 5.26 Å². The number of rotatable bonds is 9. The predicted octanol–water partition coefficient (Wildman–Crippen LogP) is 1.97. The quantitative estimate of drug-likeness (QED) is 0.626. The molecule has 0 bridgehead atoms. The summed E-state index contributed by atoms with van der Waals surface area (Å²) in [5.74, 6) is -3.00. The minimum atomic E-state index is -1.56. The van der Waals surface area contributed by atoms with Crippen molar-refractivity contribution >= 4 is 11.8 Å². The molecule has 0 heterocycles. The monoisotopic (exact) mass is 433 g/mol. The first kappa shape index (κ1) is 23.6. The second-order valence-corrected chi connectivity index (χ2v) is 6.23. The van der Waals surface area contributed by atoms with Gasteiger partial charge >= 0.3 is 0 Å². The molecule has 164 valence electrons. The summed E-state index contributed by atoms with van der Waals surface area (Å²) < 4.78 is 43.9. The highest BCUT2D eigenvalue weighted by Gasteiger charge is 2.28. The predicted molar refractivity (Wildman–Crippen MR) is 105 cm³/mol. The average molecular weight is 433 g/mol. The van der Waals surface area contributed by atoms with Crippen molar-refractivity contribution in [2.75, 3.05) is 27.9 Å². The maximum Gasteiger partial charge on any atom is 0.257 e. The first-order valence-electron chi connectivity index (χ1n) is 9.04. The van der Waals surface area contributed by atoms with Crippen molar-refractivity contribution < 1.29 is 32.6 Å². The van der Waals surface area contributed by atoms with E-state index in [1.807, 2.05) is 6.07 Å². The van der Waals surface area contributed by atoms with Gasteiger partial charge in [-0.05, 0) is 12.1 Å². The zero-order valence-corrected chi connectivity index (χ0v) is 17.1. The first-order chi connectivity index (χ1) is 14.8. The summed E-state index contributed by atoms with van der Waals surface area (Å²) in [7, 11) is 3.85. The van der Waals surface area contributed by atoms with Crippen molar-refractivity contribution in [1.82, 2.24) is 10.6 Å². The molecule has 0 radical (unpaired) electrons. The molecule has 2 rings (SSSR count). The molecule has 0 fully saturated rings. The zero-order chi connectivity index (χ0) is 23.0. The Kier molecular flexibility index (Phi) is 8.28. The van der Waals surface area contributed by atoms with Gasteiger partial charge < -0.3 is 24.8 Å². The van der Waals surface area contributed by atoms with Crippen LogP contribution in [0.15, 0.2) is 30.3 Å². The van der Waals surface area contributed by atoms with Crippen molar-refractivity contribution in [3.8, 4) is 17.6 Å². The molecule has 2 aromatic carbocycles. The van der Waals surface area contributed by atoms with E-state index < -0.39 is 29.2 Å². The number of ether oxygens (including phenoxy) is 3. The fraction of sp³-hybridized carbons (Fsp3) is 0.286. The summed E-state index contributed by atoms with van der Waals surface area (Å²) >= 11 is 0. The molecule has 10 heteroatoms. The maximum absolute atomic E-state index is 14.3. The van der Waals surface area contributed by atoms with E-state index >= 15 is 0 Å². The van der Waals surface area contributed by atoms with Crippen molar-refractivity contribution in [1.29, 1.82) is 5.26 Å². The van der Waals surface area contributed by atoms with Crippen LogP contribution in [0.1, 0.15) is 22.8 Å². The van der Waals surface area contributed by atoms with Gasteiger partial charge in [0.15, 0.2) is 12.7 Å². The van der Waals surface area contributed by atoms with E-state index in [0.29, 0.717) is 11.1 Å². The maximum atomic E-state index is 14.3. The number of likely N-dealkylation sites (N-methyl/N-ethyl adjacent to an activating group) is 1. The van der Waals surface area contributed by atoms with Crippen molar-refractivity contribution in [2.45, 2.75) is 12.6 Å². The molecule has 0 aliphatic rings. The topological polar surface area (TPSA) is 110 Å². The summed E-state index contributed by atoms with van der Waals surface area (Å²) in [5, 5.41) is 14.0. The molecule has 0 aromatic heterocycles. The van der Waals surface area contributed by atoms with Gasteiger partial charge in [-0.25, -0.2) is 8.78 Å². The number of nitriles is 1. The molecular weight excluding hydrogens is 412 g/mol. The fourth-order valence-corrected chi connectivity index (χ4v) is 2.68. The highest BCUT2D eigenvalue weighted by atomic mass is 19.1. The zero-order valence-electron chi connectivity index (χ0n) is 17.1. The number of carbonyl (C=O) groups excluding carboxylic acids is 2. The van der Waals surface area contributed by atoms with Crippen molar-refractivity contribution in [2.24, 2.45) is 0 Å². The molecule has 2 aromatic rings. The second kappa shape index (κ2) is 10.9. The Balaban J connectivity index is 2.21. The summed E-state index contributed by atoms with van der Waals surface area (Å²) in [6.07, 6.45) is -1.56. The van der Waals surface area contributed by atoms with Crippen molar-refractivity contribution in [3.05, 3.63) is 58.7 Å². The van der Waals surface area contributed by atoms with Crippen LogP contribution in [0.25, 0.3) is 0 Å². The van der Waals surface area contributed by atoms with E-state index in [4.69, 9.17) is 19.5 Å². The lowest BCUT2D eigenvalue weighted by Crippen LogP contribution is -2.31. The number of hydrogen-bond donors (Lipinski definition) is 2. The van der Waals surface area contributed by atoms with Crippen LogP contribution in [0.5, 0.6) is 11.5 Å².